The van der Waals surface area contributed by atoms with Crippen molar-refractivity contribution in [3.8, 4) is 0 Å². The van der Waals surface area contributed by atoms with Crippen LogP contribution in [0.15, 0.2) is 15.9 Å². The van der Waals surface area contributed by atoms with Crippen LogP contribution < -0.4 is 5.32 Å². The number of hydrogen-bond acceptors (Lipinski definition) is 2. The molecule has 0 saturated carbocycles. The van der Waals surface area contributed by atoms with Crippen LogP contribution in [0.5, 0.6) is 0 Å². The molecule has 0 spiro atoms. The third-order valence-corrected chi connectivity index (χ3v) is 4.27. The summed E-state index contributed by atoms with van der Waals surface area (Å²) in [6.07, 6.45) is 1.19. The van der Waals surface area contributed by atoms with Gasteiger partial charge in [-0.1, -0.05) is 0 Å². The molecule has 0 radical (unpaired) electrons. The van der Waals surface area contributed by atoms with E-state index in [-0.39, 0.29) is 6.04 Å². The summed E-state index contributed by atoms with van der Waals surface area (Å²) in [5, 5.41) is 5.10. The zero-order valence-electron chi connectivity index (χ0n) is 7.09. The molecule has 1 saturated heterocycles. The fourth-order valence-corrected chi connectivity index (χ4v) is 3.28. The number of halogens is 2. The van der Waals surface area contributed by atoms with Crippen molar-refractivity contribution in [1.82, 2.24) is 5.32 Å². The minimum Gasteiger partial charge on any atom is -0.311 e. The van der Waals surface area contributed by atoms with E-state index in [1.165, 1.54) is 11.3 Å². The van der Waals surface area contributed by atoms with E-state index in [1.54, 1.807) is 0 Å². The van der Waals surface area contributed by atoms with E-state index < -0.39 is 6.17 Å². The monoisotopic (exact) mass is 263 g/mol. The lowest BCUT2D eigenvalue weighted by molar-refractivity contribution is 0.275. The Morgan fingerprint density at radius 3 is 3.08 bits per heavy atom. The Bertz CT molecular complexity index is 283. The highest BCUT2D eigenvalue weighted by Gasteiger charge is 2.27. The highest BCUT2D eigenvalue weighted by Crippen LogP contribution is 2.35. The van der Waals surface area contributed by atoms with Crippen LogP contribution in [0.4, 0.5) is 4.39 Å². The summed E-state index contributed by atoms with van der Waals surface area (Å²) in [5.41, 5.74) is 0. The van der Waals surface area contributed by atoms with E-state index in [1.807, 2.05) is 11.4 Å². The van der Waals surface area contributed by atoms with E-state index in [9.17, 15) is 4.39 Å². The quantitative estimate of drug-likeness (QED) is 0.864. The fraction of sp³-hybridized carbons (Fsp3) is 0.556. The molecular formula is C9H11BrFNS. The van der Waals surface area contributed by atoms with Gasteiger partial charge < -0.3 is 5.32 Å². The van der Waals surface area contributed by atoms with Gasteiger partial charge in [0.2, 0.25) is 0 Å². The molecule has 72 valence electrons. The maximum Gasteiger partial charge on any atom is 0.151 e. The number of nitrogens with one attached hydrogen (secondary N) is 1. The number of rotatable bonds is 2. The topological polar surface area (TPSA) is 12.0 Å². The maximum atomic E-state index is 13.9. The Kier molecular flexibility index (Phi) is 3.01. The van der Waals surface area contributed by atoms with Crippen molar-refractivity contribution >= 4 is 27.3 Å². The second-order valence-electron chi connectivity index (χ2n) is 3.24. The Morgan fingerprint density at radius 2 is 2.54 bits per heavy atom. The lowest BCUT2D eigenvalue weighted by Crippen LogP contribution is -2.26. The van der Waals surface area contributed by atoms with Crippen LogP contribution in [0.2, 0.25) is 0 Å². The molecule has 1 aliphatic heterocycles. The van der Waals surface area contributed by atoms with Crippen LogP contribution in [0.25, 0.3) is 0 Å². The Hall–Kier alpha value is 0.0700. The van der Waals surface area contributed by atoms with Gasteiger partial charge in [-0.05, 0) is 46.8 Å². The van der Waals surface area contributed by atoms with Crippen molar-refractivity contribution in [3.63, 3.8) is 0 Å². The van der Waals surface area contributed by atoms with Gasteiger partial charge in [0, 0.05) is 10.5 Å². The zero-order valence-corrected chi connectivity index (χ0v) is 9.50. The molecule has 2 heterocycles. The first kappa shape index (κ1) is 9.62. The molecule has 1 N–H and O–H groups in total. The lowest BCUT2D eigenvalue weighted by atomic mass is 10.1. The molecule has 1 nitrogen and oxygen atoms in total. The molecule has 0 amide bonds. The lowest BCUT2D eigenvalue weighted by Gasteiger charge is -2.14. The summed E-state index contributed by atoms with van der Waals surface area (Å²) < 4.78 is 14.8. The first-order chi connectivity index (χ1) is 6.29. The molecule has 1 aliphatic rings. The van der Waals surface area contributed by atoms with Crippen molar-refractivity contribution in [2.24, 2.45) is 0 Å². The van der Waals surface area contributed by atoms with Crippen molar-refractivity contribution in [1.29, 1.82) is 0 Å². The second kappa shape index (κ2) is 4.07. The number of hydrogen-bond donors (Lipinski definition) is 1. The van der Waals surface area contributed by atoms with Gasteiger partial charge in [0.25, 0.3) is 0 Å². The molecule has 0 bridgehead atoms. The summed E-state index contributed by atoms with van der Waals surface area (Å²) in [5.74, 6) is 0. The van der Waals surface area contributed by atoms with Crippen LogP contribution in [-0.4, -0.2) is 12.6 Å². The van der Waals surface area contributed by atoms with Crippen molar-refractivity contribution in [2.45, 2.75) is 25.1 Å². The average molecular weight is 264 g/mol. The predicted octanol–water partition coefficient (Wildman–Crippen LogP) is 3.27. The van der Waals surface area contributed by atoms with Crippen molar-refractivity contribution in [3.05, 3.63) is 20.8 Å². The number of thiophene rings is 1. The molecule has 4 heteroatoms. The standard InChI is InChI=1S/C9H11BrFNS/c10-6-3-5-13-9(6)8(11)7-2-1-4-12-7/h3,5,7-8,12H,1-2,4H2. The first-order valence-electron chi connectivity index (χ1n) is 4.39. The average Bonchev–Trinajstić information content (AvgIpc) is 2.72. The van der Waals surface area contributed by atoms with Gasteiger partial charge in [-0.15, -0.1) is 11.3 Å². The third kappa shape index (κ3) is 1.95. The Balaban J connectivity index is 2.12. The number of alkyl halides is 1. The van der Waals surface area contributed by atoms with E-state index in [4.69, 9.17) is 0 Å². The SMILES string of the molecule is FC(c1sccc1Br)C1CCCN1. The van der Waals surface area contributed by atoms with Gasteiger partial charge in [0.05, 0.1) is 4.88 Å². The van der Waals surface area contributed by atoms with E-state index in [0.717, 1.165) is 28.7 Å². The second-order valence-corrected chi connectivity index (χ2v) is 5.04. The molecule has 2 unspecified atom stereocenters. The summed E-state index contributed by atoms with van der Waals surface area (Å²) in [7, 11) is 0. The largest absolute Gasteiger partial charge is 0.311 e. The molecule has 1 fully saturated rings. The van der Waals surface area contributed by atoms with Crippen LogP contribution in [0, 0.1) is 0 Å². The van der Waals surface area contributed by atoms with Crippen molar-refractivity contribution in [2.75, 3.05) is 6.54 Å². The first-order valence-corrected chi connectivity index (χ1v) is 6.06. The van der Waals surface area contributed by atoms with E-state index in [2.05, 4.69) is 21.2 Å². The molecule has 2 atom stereocenters. The normalized spacial score (nSPS) is 24.9. The van der Waals surface area contributed by atoms with Crippen LogP contribution in [0.1, 0.15) is 23.9 Å². The zero-order chi connectivity index (χ0) is 9.26. The highest BCUT2D eigenvalue weighted by atomic mass is 79.9. The molecule has 1 aromatic heterocycles. The van der Waals surface area contributed by atoms with Gasteiger partial charge in [0.1, 0.15) is 0 Å². The molecule has 13 heavy (non-hydrogen) atoms. The van der Waals surface area contributed by atoms with Gasteiger partial charge in [-0.3, -0.25) is 0 Å². The van der Waals surface area contributed by atoms with Gasteiger partial charge >= 0.3 is 0 Å². The molecule has 0 aliphatic carbocycles. The Labute approximate surface area is 89.5 Å². The van der Waals surface area contributed by atoms with Gasteiger partial charge in [0.15, 0.2) is 6.17 Å². The molecule has 1 aromatic rings. The van der Waals surface area contributed by atoms with Crippen molar-refractivity contribution < 1.29 is 4.39 Å². The minimum absolute atomic E-state index is 0.0231. The molecule has 2 rings (SSSR count). The summed E-state index contributed by atoms with van der Waals surface area (Å²) in [6.45, 7) is 0.952. The summed E-state index contributed by atoms with van der Waals surface area (Å²) in [6, 6.07) is 1.93. The van der Waals surface area contributed by atoms with Crippen LogP contribution in [0.3, 0.4) is 0 Å². The van der Waals surface area contributed by atoms with Crippen LogP contribution in [-0.2, 0) is 0 Å². The third-order valence-electron chi connectivity index (χ3n) is 2.35. The van der Waals surface area contributed by atoms with Gasteiger partial charge in [-0.2, -0.15) is 0 Å². The highest BCUT2D eigenvalue weighted by molar-refractivity contribution is 9.10. The minimum atomic E-state index is -0.850. The molecule has 0 aromatic carbocycles. The van der Waals surface area contributed by atoms with Gasteiger partial charge in [-0.25, -0.2) is 4.39 Å². The summed E-state index contributed by atoms with van der Waals surface area (Å²) >= 11 is 4.84. The molecular weight excluding hydrogens is 253 g/mol. The maximum absolute atomic E-state index is 13.9. The predicted molar refractivity (Wildman–Crippen MR) is 56.9 cm³/mol. The Morgan fingerprint density at radius 1 is 1.69 bits per heavy atom. The summed E-state index contributed by atoms with van der Waals surface area (Å²) in [4.78, 5) is 0.819. The van der Waals surface area contributed by atoms with Crippen LogP contribution >= 0.6 is 27.3 Å². The van der Waals surface area contributed by atoms with E-state index in [0.29, 0.717) is 0 Å². The smallest absolute Gasteiger partial charge is 0.151 e. The van der Waals surface area contributed by atoms with E-state index >= 15 is 0 Å². The fourth-order valence-electron chi connectivity index (χ4n) is 1.65.